The lowest BCUT2D eigenvalue weighted by atomic mass is 10.0. The first-order chi connectivity index (χ1) is 13.5. The van der Waals surface area contributed by atoms with Gasteiger partial charge >= 0.3 is 0 Å². The predicted molar refractivity (Wildman–Crippen MR) is 106 cm³/mol. The van der Waals surface area contributed by atoms with Gasteiger partial charge in [-0.3, -0.25) is 4.72 Å². The lowest BCUT2D eigenvalue weighted by molar-refractivity contribution is 0.599. The van der Waals surface area contributed by atoms with E-state index in [0.29, 0.717) is 5.56 Å². The van der Waals surface area contributed by atoms with Crippen LogP contribution in [-0.2, 0) is 10.0 Å². The van der Waals surface area contributed by atoms with Crippen LogP contribution in [0.15, 0.2) is 78.0 Å². The quantitative estimate of drug-likeness (QED) is 0.531. The van der Waals surface area contributed by atoms with E-state index in [0.717, 1.165) is 22.4 Å². The van der Waals surface area contributed by atoms with Gasteiger partial charge in [-0.2, -0.15) is 5.26 Å². The van der Waals surface area contributed by atoms with E-state index in [1.54, 1.807) is 6.20 Å². The number of nitriles is 1. The average molecular weight is 391 g/mol. The smallest absolute Gasteiger partial charge is 0.264 e. The summed E-state index contributed by atoms with van der Waals surface area (Å²) < 4.78 is 42.3. The molecule has 0 spiro atoms. The van der Waals surface area contributed by atoms with Crippen LogP contribution in [0.3, 0.4) is 0 Å². The minimum absolute atomic E-state index is 0.00705. The van der Waals surface area contributed by atoms with Crippen LogP contribution >= 0.6 is 0 Å². The summed E-state index contributed by atoms with van der Waals surface area (Å²) in [4.78, 5) is 2.84. The molecular formula is C21H14FN3O2S. The number of nitrogens with one attached hydrogen (secondary N) is 2. The molecule has 1 heterocycles. The molecule has 1 aromatic heterocycles. The van der Waals surface area contributed by atoms with Gasteiger partial charge in [-0.05, 0) is 34.5 Å². The number of benzene rings is 3. The Labute approximate surface area is 161 Å². The van der Waals surface area contributed by atoms with Crippen LogP contribution in [-0.4, -0.2) is 13.4 Å². The van der Waals surface area contributed by atoms with Gasteiger partial charge in [-0.15, -0.1) is 0 Å². The molecule has 5 nitrogen and oxygen atoms in total. The second-order valence-electron chi connectivity index (χ2n) is 6.17. The van der Waals surface area contributed by atoms with Crippen molar-refractivity contribution in [2.24, 2.45) is 0 Å². The number of hydrogen-bond donors (Lipinski definition) is 2. The summed E-state index contributed by atoms with van der Waals surface area (Å²) in [6, 6.07) is 18.7. The number of hydrogen-bond acceptors (Lipinski definition) is 3. The number of anilines is 1. The zero-order chi connectivity index (χ0) is 19.7. The van der Waals surface area contributed by atoms with Crippen LogP contribution in [0.4, 0.5) is 10.1 Å². The molecular weight excluding hydrogens is 377 g/mol. The molecule has 3 aromatic carbocycles. The summed E-state index contributed by atoms with van der Waals surface area (Å²) in [6.45, 7) is 0. The van der Waals surface area contributed by atoms with Crippen molar-refractivity contribution < 1.29 is 12.8 Å². The van der Waals surface area contributed by atoms with Crippen LogP contribution in [0, 0.1) is 17.1 Å². The largest absolute Gasteiger partial charge is 0.366 e. The highest BCUT2D eigenvalue weighted by Gasteiger charge is 2.23. The van der Waals surface area contributed by atoms with E-state index in [9.17, 15) is 12.8 Å². The Morgan fingerprint density at radius 2 is 1.75 bits per heavy atom. The molecule has 0 saturated carbocycles. The number of aromatic amines is 1. The van der Waals surface area contributed by atoms with E-state index < -0.39 is 15.8 Å². The van der Waals surface area contributed by atoms with Crippen molar-refractivity contribution in [2.45, 2.75) is 4.90 Å². The summed E-state index contributed by atoms with van der Waals surface area (Å²) in [7, 11) is -4.06. The van der Waals surface area contributed by atoms with Gasteiger partial charge < -0.3 is 4.98 Å². The van der Waals surface area contributed by atoms with Crippen LogP contribution < -0.4 is 4.72 Å². The standard InChI is InChI=1S/C21H14FN3O2S/c22-19-10-14(11-23)8-9-20(19)25-28(26,27)21-13-24-12-18(21)17-7-3-5-15-4-1-2-6-16(15)17/h1-10,12-13,24-25H. The van der Waals surface area contributed by atoms with Crippen molar-refractivity contribution in [1.29, 1.82) is 5.26 Å². The first-order valence-corrected chi connectivity index (χ1v) is 9.85. The Hall–Kier alpha value is -3.63. The van der Waals surface area contributed by atoms with Crippen molar-refractivity contribution in [3.05, 3.63) is 84.4 Å². The number of rotatable bonds is 4. The van der Waals surface area contributed by atoms with E-state index in [1.807, 2.05) is 48.5 Å². The lowest BCUT2D eigenvalue weighted by Crippen LogP contribution is -2.14. The Morgan fingerprint density at radius 3 is 2.54 bits per heavy atom. The molecule has 138 valence electrons. The molecule has 0 radical (unpaired) electrons. The van der Waals surface area contributed by atoms with E-state index in [2.05, 4.69) is 9.71 Å². The van der Waals surface area contributed by atoms with Crippen molar-refractivity contribution >= 4 is 26.5 Å². The zero-order valence-corrected chi connectivity index (χ0v) is 15.3. The third-order valence-corrected chi connectivity index (χ3v) is 5.82. The van der Waals surface area contributed by atoms with Gasteiger partial charge in [0.2, 0.25) is 0 Å². The number of halogens is 1. The number of H-pyrrole nitrogens is 1. The first kappa shape index (κ1) is 17.8. The molecule has 4 rings (SSSR count). The fraction of sp³-hybridized carbons (Fsp3) is 0. The molecule has 28 heavy (non-hydrogen) atoms. The molecule has 2 N–H and O–H groups in total. The second kappa shape index (κ2) is 6.83. The Bertz CT molecular complexity index is 1330. The van der Waals surface area contributed by atoms with Gasteiger partial charge in [0, 0.05) is 18.0 Å². The third-order valence-electron chi connectivity index (χ3n) is 4.42. The first-order valence-electron chi connectivity index (χ1n) is 8.37. The van der Waals surface area contributed by atoms with E-state index in [1.165, 1.54) is 18.3 Å². The van der Waals surface area contributed by atoms with Gasteiger partial charge in [0.15, 0.2) is 0 Å². The summed E-state index contributed by atoms with van der Waals surface area (Å²) in [5.74, 6) is -0.815. The maximum absolute atomic E-state index is 14.2. The van der Waals surface area contributed by atoms with Crippen molar-refractivity contribution in [3.63, 3.8) is 0 Å². The summed E-state index contributed by atoms with van der Waals surface area (Å²) in [6.07, 6.45) is 2.96. The van der Waals surface area contributed by atoms with E-state index in [-0.39, 0.29) is 16.1 Å². The third kappa shape index (κ3) is 3.10. The number of nitrogens with zero attached hydrogens (tertiary/aromatic N) is 1. The van der Waals surface area contributed by atoms with Crippen LogP contribution in [0.25, 0.3) is 21.9 Å². The normalized spacial score (nSPS) is 11.3. The monoisotopic (exact) mass is 391 g/mol. The summed E-state index contributed by atoms with van der Waals surface area (Å²) in [5, 5.41) is 10.7. The predicted octanol–water partition coefficient (Wildman–Crippen LogP) is 4.65. The van der Waals surface area contributed by atoms with Crippen LogP contribution in [0.1, 0.15) is 5.56 Å². The minimum Gasteiger partial charge on any atom is -0.366 e. The SMILES string of the molecule is N#Cc1ccc(NS(=O)(=O)c2c[nH]cc2-c2cccc3ccccc23)c(F)c1. The summed E-state index contributed by atoms with van der Waals surface area (Å²) >= 11 is 0. The van der Waals surface area contributed by atoms with Crippen molar-refractivity contribution in [1.82, 2.24) is 4.98 Å². The molecule has 0 aliphatic rings. The maximum atomic E-state index is 14.2. The Morgan fingerprint density at radius 1 is 0.964 bits per heavy atom. The Kier molecular flexibility index (Phi) is 4.34. The number of aromatic nitrogens is 1. The number of fused-ring (bicyclic) bond motifs is 1. The Balaban J connectivity index is 1.79. The minimum atomic E-state index is -4.06. The number of sulfonamides is 1. The zero-order valence-electron chi connectivity index (χ0n) is 14.5. The highest BCUT2D eigenvalue weighted by molar-refractivity contribution is 7.92. The molecule has 7 heteroatoms. The van der Waals surface area contributed by atoms with Crippen LogP contribution in [0.2, 0.25) is 0 Å². The van der Waals surface area contributed by atoms with Gasteiger partial charge in [0.05, 0.1) is 17.3 Å². The van der Waals surface area contributed by atoms with Gasteiger partial charge in [-0.1, -0.05) is 42.5 Å². The van der Waals surface area contributed by atoms with E-state index in [4.69, 9.17) is 5.26 Å². The average Bonchev–Trinajstić information content (AvgIpc) is 3.20. The molecule has 0 aliphatic carbocycles. The highest BCUT2D eigenvalue weighted by atomic mass is 32.2. The molecule has 0 fully saturated rings. The second-order valence-corrected chi connectivity index (χ2v) is 7.82. The molecule has 0 unspecified atom stereocenters. The van der Waals surface area contributed by atoms with Gasteiger partial charge in [0.25, 0.3) is 10.0 Å². The molecule has 0 bridgehead atoms. The topological polar surface area (TPSA) is 85.8 Å². The lowest BCUT2D eigenvalue weighted by Gasteiger charge is -2.11. The van der Waals surface area contributed by atoms with Gasteiger partial charge in [0.1, 0.15) is 10.7 Å². The van der Waals surface area contributed by atoms with E-state index >= 15 is 0 Å². The van der Waals surface area contributed by atoms with Crippen molar-refractivity contribution in [3.8, 4) is 17.2 Å². The fourth-order valence-corrected chi connectivity index (χ4v) is 4.36. The fourth-order valence-electron chi connectivity index (χ4n) is 3.11. The van der Waals surface area contributed by atoms with Crippen LogP contribution in [0.5, 0.6) is 0 Å². The van der Waals surface area contributed by atoms with Gasteiger partial charge in [-0.25, -0.2) is 12.8 Å². The molecule has 0 saturated heterocycles. The molecule has 0 atom stereocenters. The molecule has 4 aromatic rings. The van der Waals surface area contributed by atoms with Crippen molar-refractivity contribution in [2.75, 3.05) is 4.72 Å². The molecule has 0 amide bonds. The maximum Gasteiger partial charge on any atom is 0.264 e. The highest BCUT2D eigenvalue weighted by Crippen LogP contribution is 2.34. The molecule has 0 aliphatic heterocycles. The summed E-state index contributed by atoms with van der Waals surface area (Å²) in [5.41, 5.74) is 1.13.